The maximum Gasteiger partial charge on any atom is 0.196 e. The van der Waals surface area contributed by atoms with Gasteiger partial charge in [0.05, 0.1) is 12.5 Å². The fraction of sp³-hybridized carbons (Fsp3) is 0.500. The van der Waals surface area contributed by atoms with Crippen LogP contribution in [0.4, 0.5) is 0 Å². The zero-order valence-electron chi connectivity index (χ0n) is 16.7. The van der Waals surface area contributed by atoms with Gasteiger partial charge in [0, 0.05) is 30.9 Å². The zero-order chi connectivity index (χ0) is 18.5. The van der Waals surface area contributed by atoms with E-state index in [1.807, 2.05) is 13.8 Å². The number of hydrogen-bond donors (Lipinski definition) is 0. The van der Waals surface area contributed by atoms with E-state index in [0.717, 1.165) is 5.75 Å². The number of nitrogens with zero attached hydrogens (tertiary/aromatic N) is 1. The second kappa shape index (κ2) is 7.08. The van der Waals surface area contributed by atoms with Crippen LogP contribution in [0.3, 0.4) is 0 Å². The molecule has 0 spiro atoms. The molecule has 146 valence electrons. The molecule has 0 radical (unpaired) electrons. The summed E-state index contributed by atoms with van der Waals surface area (Å²) in [5.41, 5.74) is 3.59. The zero-order valence-corrected chi connectivity index (χ0v) is 17.4. The molecule has 1 aromatic heterocycles. The Labute approximate surface area is 167 Å². The second-order valence-corrected chi connectivity index (χ2v) is 7.62. The number of fused-ring (bicyclic) bond motifs is 1. The largest absolute Gasteiger partial charge is 1.00 e. The van der Waals surface area contributed by atoms with Crippen LogP contribution in [-0.4, -0.2) is 26.1 Å². The number of benzene rings is 1. The predicted octanol–water partition coefficient (Wildman–Crippen LogP) is 0.831. The third-order valence-corrected chi connectivity index (χ3v) is 6.08. The van der Waals surface area contributed by atoms with Crippen molar-refractivity contribution in [3.63, 3.8) is 0 Å². The van der Waals surface area contributed by atoms with Gasteiger partial charge in [0.2, 0.25) is 0 Å². The van der Waals surface area contributed by atoms with Crippen LogP contribution in [0.15, 0.2) is 42.6 Å². The number of aromatic nitrogens is 1. The number of hydrogen-bond acceptors (Lipinski definition) is 3. The Morgan fingerprint density at radius 2 is 1.70 bits per heavy atom. The van der Waals surface area contributed by atoms with Crippen LogP contribution in [0, 0.1) is 5.41 Å². The van der Waals surface area contributed by atoms with Crippen molar-refractivity contribution >= 4 is 0 Å². The molecule has 2 bridgehead atoms. The molecular weight excluding hydrogens is 362 g/mol. The maximum absolute atomic E-state index is 6.47. The lowest BCUT2D eigenvalue weighted by molar-refractivity contribution is -0.755. The van der Waals surface area contributed by atoms with Crippen molar-refractivity contribution < 1.29 is 31.2 Å². The average molecular weight is 390 g/mol. The van der Waals surface area contributed by atoms with Crippen LogP contribution in [0.5, 0.6) is 5.75 Å². The van der Waals surface area contributed by atoms with Gasteiger partial charge in [0.15, 0.2) is 23.7 Å². The Morgan fingerprint density at radius 3 is 2.33 bits per heavy atom. The predicted molar refractivity (Wildman–Crippen MR) is 99.4 cm³/mol. The molecule has 3 heterocycles. The number of halogens is 1. The monoisotopic (exact) mass is 389 g/mol. The SMILES string of the molecule is CCOC1(OCC)C2c3cc(OC)ccc3C([n+]3ccccc32)C1(C)C.[Cl-]. The quantitative estimate of drug-likeness (QED) is 0.561. The molecule has 0 saturated heterocycles. The van der Waals surface area contributed by atoms with Gasteiger partial charge in [-0.05, 0) is 51.5 Å². The summed E-state index contributed by atoms with van der Waals surface area (Å²) in [5.74, 6) is 0.161. The first kappa shape index (κ1) is 20.1. The molecule has 0 amide bonds. The van der Waals surface area contributed by atoms with Gasteiger partial charge in [0.25, 0.3) is 0 Å². The van der Waals surface area contributed by atoms with E-state index in [1.54, 1.807) is 7.11 Å². The number of methoxy groups -OCH3 is 1. The lowest BCUT2D eigenvalue weighted by Crippen LogP contribution is -3.00. The van der Waals surface area contributed by atoms with Crippen LogP contribution in [-0.2, 0) is 9.47 Å². The molecule has 4 nitrogen and oxygen atoms in total. The smallest absolute Gasteiger partial charge is 0.196 e. The summed E-state index contributed by atoms with van der Waals surface area (Å²) in [7, 11) is 1.72. The van der Waals surface area contributed by atoms with E-state index in [4.69, 9.17) is 14.2 Å². The van der Waals surface area contributed by atoms with E-state index in [1.165, 1.54) is 16.8 Å². The minimum absolute atomic E-state index is 0. The van der Waals surface area contributed by atoms with Crippen LogP contribution in [0.25, 0.3) is 0 Å². The molecule has 1 aliphatic carbocycles. The highest BCUT2D eigenvalue weighted by Gasteiger charge is 2.70. The summed E-state index contributed by atoms with van der Waals surface area (Å²) in [6.45, 7) is 9.85. The minimum Gasteiger partial charge on any atom is -1.00 e. The van der Waals surface area contributed by atoms with Crippen molar-refractivity contribution in [2.75, 3.05) is 20.3 Å². The highest BCUT2D eigenvalue weighted by atomic mass is 35.5. The van der Waals surface area contributed by atoms with Crippen molar-refractivity contribution in [3.8, 4) is 5.75 Å². The first-order valence-corrected chi connectivity index (χ1v) is 9.47. The first-order valence-electron chi connectivity index (χ1n) is 9.47. The van der Waals surface area contributed by atoms with Gasteiger partial charge in [-0.2, -0.15) is 4.57 Å². The molecule has 2 atom stereocenters. The van der Waals surface area contributed by atoms with E-state index in [0.29, 0.717) is 13.2 Å². The molecular formula is C22H28ClNO3. The third kappa shape index (κ3) is 2.54. The van der Waals surface area contributed by atoms with Crippen molar-refractivity contribution in [2.24, 2.45) is 5.41 Å². The van der Waals surface area contributed by atoms with Crippen molar-refractivity contribution in [2.45, 2.75) is 45.4 Å². The normalized spacial score (nSPS) is 23.1. The third-order valence-electron chi connectivity index (χ3n) is 6.08. The Morgan fingerprint density at radius 1 is 1.00 bits per heavy atom. The molecule has 0 fully saturated rings. The summed E-state index contributed by atoms with van der Waals surface area (Å²) < 4.78 is 20.9. The van der Waals surface area contributed by atoms with E-state index < -0.39 is 5.79 Å². The minimum atomic E-state index is -0.706. The summed E-state index contributed by atoms with van der Waals surface area (Å²) in [6.07, 6.45) is 2.18. The molecule has 2 aliphatic heterocycles. The van der Waals surface area contributed by atoms with Gasteiger partial charge in [-0.1, -0.05) is 6.07 Å². The van der Waals surface area contributed by atoms with Gasteiger partial charge in [-0.25, -0.2) is 0 Å². The van der Waals surface area contributed by atoms with Gasteiger partial charge in [-0.15, -0.1) is 0 Å². The molecule has 5 heteroatoms. The standard InChI is InChI=1S/C22H28NO3.ClH/c1-6-25-22(26-7-2)19-17-14-15(24-5)11-12-16(17)20(21(22,3)4)23-13-9-8-10-18(19)23;/h8-14,19-20H,6-7H2,1-5H3;1H/q+1;/p-1. The summed E-state index contributed by atoms with van der Waals surface area (Å²) in [6, 6.07) is 13.0. The average Bonchev–Trinajstić information content (AvgIpc) is 2.64. The molecule has 0 saturated carbocycles. The molecule has 2 unspecified atom stereocenters. The molecule has 2 aromatic rings. The van der Waals surface area contributed by atoms with E-state index >= 15 is 0 Å². The number of pyridine rings is 1. The Kier molecular flexibility index (Phi) is 5.28. The van der Waals surface area contributed by atoms with Gasteiger partial charge < -0.3 is 26.6 Å². The van der Waals surface area contributed by atoms with Crippen LogP contribution in [0.2, 0.25) is 0 Å². The topological polar surface area (TPSA) is 31.6 Å². The number of ether oxygens (including phenoxy) is 3. The maximum atomic E-state index is 6.47. The van der Waals surface area contributed by atoms with Crippen molar-refractivity contribution in [3.05, 3.63) is 59.4 Å². The van der Waals surface area contributed by atoms with E-state index in [9.17, 15) is 0 Å². The molecule has 27 heavy (non-hydrogen) atoms. The highest BCUT2D eigenvalue weighted by Crippen LogP contribution is 2.62. The summed E-state index contributed by atoms with van der Waals surface area (Å²) in [4.78, 5) is 0. The van der Waals surface area contributed by atoms with Crippen molar-refractivity contribution in [1.29, 1.82) is 0 Å². The van der Waals surface area contributed by atoms with Crippen LogP contribution in [0.1, 0.15) is 56.5 Å². The lowest BCUT2D eigenvalue weighted by Gasteiger charge is -2.57. The van der Waals surface area contributed by atoms with Gasteiger partial charge in [0.1, 0.15) is 11.7 Å². The first-order chi connectivity index (χ1) is 12.5. The molecule has 0 N–H and O–H groups in total. The molecule has 3 aliphatic rings. The van der Waals surface area contributed by atoms with Gasteiger partial charge >= 0.3 is 0 Å². The number of rotatable bonds is 5. The summed E-state index contributed by atoms with van der Waals surface area (Å²) >= 11 is 0. The fourth-order valence-electron chi connectivity index (χ4n) is 5.14. The summed E-state index contributed by atoms with van der Waals surface area (Å²) in [5, 5.41) is 0. The molecule has 5 rings (SSSR count). The van der Waals surface area contributed by atoms with E-state index in [2.05, 4.69) is 61.0 Å². The Hall–Kier alpha value is -1.62. The van der Waals surface area contributed by atoms with Crippen LogP contribution >= 0.6 is 0 Å². The van der Waals surface area contributed by atoms with Crippen LogP contribution < -0.4 is 21.7 Å². The highest BCUT2D eigenvalue weighted by molar-refractivity contribution is 5.49. The molecule has 1 aromatic carbocycles. The van der Waals surface area contributed by atoms with Gasteiger partial charge in [-0.3, -0.25) is 0 Å². The Balaban J connectivity index is 0.00000210. The lowest BCUT2D eigenvalue weighted by atomic mass is 9.57. The fourth-order valence-corrected chi connectivity index (χ4v) is 5.14. The Bertz CT molecular complexity index is 830. The van der Waals surface area contributed by atoms with E-state index in [-0.39, 0.29) is 29.8 Å². The second-order valence-electron chi connectivity index (χ2n) is 7.62. The van der Waals surface area contributed by atoms with Crippen molar-refractivity contribution in [1.82, 2.24) is 0 Å².